The summed E-state index contributed by atoms with van der Waals surface area (Å²) >= 11 is 0. The molecule has 0 aromatic heterocycles. The number of aryl methyl sites for hydroxylation is 2. The summed E-state index contributed by atoms with van der Waals surface area (Å²) in [7, 11) is -2.87. The first-order valence-corrected chi connectivity index (χ1v) is 8.99. The standard InChI is InChI=1S/C15H22N2O3S/c1-11-3-4-14(12(2)9-11)17-15(18)5-7-16-13-6-8-21(19,20)10-13/h3-4,9,13,16H,5-8,10H2,1-2H3,(H,17,18). The summed E-state index contributed by atoms with van der Waals surface area (Å²) in [6.45, 7) is 4.47. The van der Waals surface area contributed by atoms with Crippen LogP contribution >= 0.6 is 0 Å². The van der Waals surface area contributed by atoms with Crippen LogP contribution in [-0.2, 0) is 14.6 Å². The summed E-state index contributed by atoms with van der Waals surface area (Å²) in [6.07, 6.45) is 0.977. The van der Waals surface area contributed by atoms with Crippen molar-refractivity contribution in [2.45, 2.75) is 32.7 Å². The highest BCUT2D eigenvalue weighted by molar-refractivity contribution is 7.91. The van der Waals surface area contributed by atoms with E-state index < -0.39 is 9.84 Å². The Morgan fingerprint density at radius 3 is 2.71 bits per heavy atom. The van der Waals surface area contributed by atoms with Gasteiger partial charge in [0.15, 0.2) is 9.84 Å². The zero-order chi connectivity index (χ0) is 15.5. The SMILES string of the molecule is Cc1ccc(NC(=O)CCNC2CCS(=O)(=O)C2)c(C)c1. The van der Waals surface area contributed by atoms with Gasteiger partial charge in [-0.25, -0.2) is 8.42 Å². The van der Waals surface area contributed by atoms with Crippen LogP contribution in [0.1, 0.15) is 24.0 Å². The molecule has 0 spiro atoms. The number of hydrogen-bond donors (Lipinski definition) is 2. The monoisotopic (exact) mass is 310 g/mol. The number of carbonyl (C=O) groups excluding carboxylic acids is 1. The number of benzene rings is 1. The maximum atomic E-state index is 11.9. The zero-order valence-electron chi connectivity index (χ0n) is 12.5. The second kappa shape index (κ2) is 6.58. The lowest BCUT2D eigenvalue weighted by molar-refractivity contribution is -0.116. The summed E-state index contributed by atoms with van der Waals surface area (Å²) in [5.74, 6) is 0.376. The van der Waals surface area contributed by atoms with Gasteiger partial charge in [0.1, 0.15) is 0 Å². The molecule has 1 saturated heterocycles. The summed E-state index contributed by atoms with van der Waals surface area (Å²) in [5, 5.41) is 6.02. The molecule has 1 aromatic rings. The molecular formula is C15H22N2O3S. The second-order valence-corrected chi connectivity index (χ2v) is 7.90. The zero-order valence-corrected chi connectivity index (χ0v) is 13.3. The smallest absolute Gasteiger partial charge is 0.225 e. The Balaban J connectivity index is 1.75. The molecule has 1 fully saturated rings. The maximum absolute atomic E-state index is 11.9. The average Bonchev–Trinajstić information content (AvgIpc) is 2.72. The van der Waals surface area contributed by atoms with Crippen molar-refractivity contribution in [3.8, 4) is 0 Å². The molecule has 5 nitrogen and oxygen atoms in total. The van der Waals surface area contributed by atoms with Crippen molar-refractivity contribution in [2.24, 2.45) is 0 Å². The van der Waals surface area contributed by atoms with Crippen molar-refractivity contribution in [2.75, 3.05) is 23.4 Å². The topological polar surface area (TPSA) is 75.3 Å². The lowest BCUT2D eigenvalue weighted by Crippen LogP contribution is -2.32. The van der Waals surface area contributed by atoms with Gasteiger partial charge in [-0.15, -0.1) is 0 Å². The quantitative estimate of drug-likeness (QED) is 0.862. The molecule has 6 heteroatoms. The van der Waals surface area contributed by atoms with Crippen LogP contribution in [-0.4, -0.2) is 38.4 Å². The number of hydrogen-bond acceptors (Lipinski definition) is 4. The summed E-state index contributed by atoms with van der Waals surface area (Å²) in [5.41, 5.74) is 3.03. The highest BCUT2D eigenvalue weighted by atomic mass is 32.2. The number of sulfone groups is 1. The predicted molar refractivity (Wildman–Crippen MR) is 84.2 cm³/mol. The van der Waals surface area contributed by atoms with E-state index in [1.165, 1.54) is 0 Å². The minimum Gasteiger partial charge on any atom is -0.326 e. The van der Waals surface area contributed by atoms with Crippen LogP contribution in [0.3, 0.4) is 0 Å². The Labute approximate surface area is 126 Å². The van der Waals surface area contributed by atoms with Crippen LogP contribution in [0.15, 0.2) is 18.2 Å². The summed E-state index contributed by atoms with van der Waals surface area (Å²) < 4.78 is 22.6. The third kappa shape index (κ3) is 4.82. The highest BCUT2D eigenvalue weighted by Crippen LogP contribution is 2.16. The molecule has 0 aliphatic carbocycles. The first-order valence-electron chi connectivity index (χ1n) is 7.17. The Kier molecular flexibility index (Phi) is 5.00. The van der Waals surface area contributed by atoms with Crippen molar-refractivity contribution in [3.05, 3.63) is 29.3 Å². The van der Waals surface area contributed by atoms with Crippen LogP contribution in [0.4, 0.5) is 5.69 Å². The van der Waals surface area contributed by atoms with E-state index in [1.54, 1.807) is 0 Å². The van der Waals surface area contributed by atoms with Crippen molar-refractivity contribution in [1.29, 1.82) is 0 Å². The number of amides is 1. The molecule has 1 atom stereocenters. The lowest BCUT2D eigenvalue weighted by Gasteiger charge is -2.12. The number of carbonyl (C=O) groups is 1. The summed E-state index contributed by atoms with van der Waals surface area (Å²) in [4.78, 5) is 11.9. The van der Waals surface area contributed by atoms with Crippen LogP contribution in [0, 0.1) is 13.8 Å². The largest absolute Gasteiger partial charge is 0.326 e. The van der Waals surface area contributed by atoms with E-state index in [1.807, 2.05) is 32.0 Å². The molecule has 1 unspecified atom stereocenters. The molecule has 1 amide bonds. The molecule has 1 aliphatic rings. The van der Waals surface area contributed by atoms with Gasteiger partial charge in [-0.1, -0.05) is 17.7 Å². The van der Waals surface area contributed by atoms with E-state index in [0.29, 0.717) is 19.4 Å². The van der Waals surface area contributed by atoms with E-state index in [2.05, 4.69) is 10.6 Å². The van der Waals surface area contributed by atoms with E-state index in [4.69, 9.17) is 0 Å². The van der Waals surface area contributed by atoms with E-state index in [-0.39, 0.29) is 23.5 Å². The Bertz CT molecular complexity index is 626. The molecule has 2 N–H and O–H groups in total. The average molecular weight is 310 g/mol. The third-order valence-corrected chi connectivity index (χ3v) is 5.44. The summed E-state index contributed by atoms with van der Waals surface area (Å²) in [6, 6.07) is 5.88. The van der Waals surface area contributed by atoms with E-state index in [0.717, 1.165) is 16.8 Å². The maximum Gasteiger partial charge on any atom is 0.225 e. The molecule has 0 radical (unpaired) electrons. The van der Waals surface area contributed by atoms with Gasteiger partial charge in [0.2, 0.25) is 5.91 Å². The van der Waals surface area contributed by atoms with Crippen molar-refractivity contribution in [1.82, 2.24) is 5.32 Å². The van der Waals surface area contributed by atoms with Gasteiger partial charge in [0, 0.05) is 24.7 Å². The molecule has 21 heavy (non-hydrogen) atoms. The first kappa shape index (κ1) is 16.0. The third-order valence-electron chi connectivity index (χ3n) is 3.67. The van der Waals surface area contributed by atoms with Crippen molar-refractivity contribution < 1.29 is 13.2 Å². The van der Waals surface area contributed by atoms with E-state index in [9.17, 15) is 13.2 Å². The lowest BCUT2D eigenvalue weighted by atomic mass is 10.1. The number of nitrogens with one attached hydrogen (secondary N) is 2. The van der Waals surface area contributed by atoms with Gasteiger partial charge >= 0.3 is 0 Å². The number of anilines is 1. The Hall–Kier alpha value is -1.40. The molecule has 1 aromatic carbocycles. The molecule has 0 saturated carbocycles. The fourth-order valence-electron chi connectivity index (χ4n) is 2.51. The first-order chi connectivity index (χ1) is 9.85. The predicted octanol–water partition coefficient (Wildman–Crippen LogP) is 1.41. The van der Waals surface area contributed by atoms with Gasteiger partial charge in [0.25, 0.3) is 0 Å². The Morgan fingerprint density at radius 2 is 2.10 bits per heavy atom. The Morgan fingerprint density at radius 1 is 1.33 bits per heavy atom. The number of rotatable bonds is 5. The fourth-order valence-corrected chi connectivity index (χ4v) is 4.22. The van der Waals surface area contributed by atoms with Gasteiger partial charge < -0.3 is 10.6 Å². The van der Waals surface area contributed by atoms with Gasteiger partial charge in [-0.3, -0.25) is 4.79 Å². The fraction of sp³-hybridized carbons (Fsp3) is 0.533. The minimum absolute atomic E-state index is 0.0103. The van der Waals surface area contributed by atoms with Crippen LogP contribution < -0.4 is 10.6 Å². The molecule has 0 bridgehead atoms. The molecule has 2 rings (SSSR count). The van der Waals surface area contributed by atoms with Gasteiger partial charge in [0.05, 0.1) is 11.5 Å². The van der Waals surface area contributed by atoms with Gasteiger partial charge in [-0.2, -0.15) is 0 Å². The van der Waals surface area contributed by atoms with Gasteiger partial charge in [-0.05, 0) is 31.9 Å². The normalized spacial score (nSPS) is 20.4. The second-order valence-electron chi connectivity index (χ2n) is 5.67. The van der Waals surface area contributed by atoms with E-state index >= 15 is 0 Å². The molecule has 1 heterocycles. The highest BCUT2D eigenvalue weighted by Gasteiger charge is 2.27. The molecular weight excluding hydrogens is 288 g/mol. The van der Waals surface area contributed by atoms with Crippen molar-refractivity contribution in [3.63, 3.8) is 0 Å². The molecule has 1 aliphatic heterocycles. The van der Waals surface area contributed by atoms with Crippen LogP contribution in [0.25, 0.3) is 0 Å². The van der Waals surface area contributed by atoms with Crippen LogP contribution in [0.2, 0.25) is 0 Å². The van der Waals surface area contributed by atoms with Crippen molar-refractivity contribution >= 4 is 21.4 Å². The van der Waals surface area contributed by atoms with Crippen LogP contribution in [0.5, 0.6) is 0 Å². The minimum atomic E-state index is -2.87. The molecule has 116 valence electrons.